The highest BCUT2D eigenvalue weighted by Crippen LogP contribution is 2.34. The lowest BCUT2D eigenvalue weighted by Crippen LogP contribution is -2.46. The SMILES string of the molecule is CCOC(F)(F)C(C)(F)OCS(=O)(=O)O. The third-order valence-electron chi connectivity index (χ3n) is 1.32. The normalized spacial score (nSPS) is 17.5. The number of alkyl halides is 3. The van der Waals surface area contributed by atoms with Crippen LogP contribution in [0.4, 0.5) is 13.2 Å². The molecule has 0 aliphatic carbocycles. The quantitative estimate of drug-likeness (QED) is 0.718. The summed E-state index contributed by atoms with van der Waals surface area (Å²) in [5.74, 6) is -5.22. The molecular weight excluding hydrogens is 241 g/mol. The van der Waals surface area contributed by atoms with Gasteiger partial charge in [0.15, 0.2) is 5.94 Å². The van der Waals surface area contributed by atoms with Crippen LogP contribution in [0.15, 0.2) is 0 Å². The van der Waals surface area contributed by atoms with Crippen LogP contribution in [0.5, 0.6) is 0 Å². The maximum Gasteiger partial charge on any atom is 0.414 e. The molecule has 0 saturated carbocycles. The number of hydrogen-bond donors (Lipinski definition) is 1. The van der Waals surface area contributed by atoms with Crippen LogP contribution in [0.25, 0.3) is 0 Å². The van der Waals surface area contributed by atoms with Crippen LogP contribution in [-0.2, 0) is 19.6 Å². The van der Waals surface area contributed by atoms with E-state index in [9.17, 15) is 21.6 Å². The second-order valence-corrected chi connectivity index (χ2v) is 4.11. The fourth-order valence-electron chi connectivity index (χ4n) is 0.579. The van der Waals surface area contributed by atoms with Gasteiger partial charge in [-0.15, -0.1) is 0 Å². The summed E-state index contributed by atoms with van der Waals surface area (Å²) in [5.41, 5.74) is 0. The predicted molar refractivity (Wildman–Crippen MR) is 43.6 cm³/mol. The average molecular weight is 252 g/mol. The summed E-state index contributed by atoms with van der Waals surface area (Å²) < 4.78 is 74.6. The van der Waals surface area contributed by atoms with Gasteiger partial charge in [0.05, 0.1) is 6.61 Å². The van der Waals surface area contributed by atoms with Gasteiger partial charge in [-0.05, 0) is 6.92 Å². The van der Waals surface area contributed by atoms with Gasteiger partial charge in [0.2, 0.25) is 0 Å². The van der Waals surface area contributed by atoms with Crippen LogP contribution in [0.1, 0.15) is 13.8 Å². The highest BCUT2D eigenvalue weighted by Gasteiger charge is 2.54. The van der Waals surface area contributed by atoms with E-state index >= 15 is 0 Å². The van der Waals surface area contributed by atoms with Gasteiger partial charge in [0.25, 0.3) is 16.0 Å². The molecule has 0 aromatic rings. The van der Waals surface area contributed by atoms with Crippen molar-refractivity contribution in [1.82, 2.24) is 0 Å². The van der Waals surface area contributed by atoms with E-state index in [2.05, 4.69) is 9.47 Å². The van der Waals surface area contributed by atoms with Crippen LogP contribution in [0.3, 0.4) is 0 Å². The summed E-state index contributed by atoms with van der Waals surface area (Å²) in [6, 6.07) is 0. The molecular formula is C6H11F3O5S. The summed E-state index contributed by atoms with van der Waals surface area (Å²) >= 11 is 0. The van der Waals surface area contributed by atoms with Crippen molar-refractivity contribution in [2.24, 2.45) is 0 Å². The average Bonchev–Trinajstić information content (AvgIpc) is 1.99. The molecule has 0 aliphatic heterocycles. The van der Waals surface area contributed by atoms with Gasteiger partial charge in [-0.2, -0.15) is 17.2 Å². The molecule has 0 aromatic carbocycles. The monoisotopic (exact) mass is 252 g/mol. The van der Waals surface area contributed by atoms with Crippen LogP contribution in [-0.4, -0.2) is 37.5 Å². The molecule has 0 rings (SSSR count). The molecule has 0 fully saturated rings. The van der Waals surface area contributed by atoms with Gasteiger partial charge in [-0.1, -0.05) is 0 Å². The number of hydrogen-bond acceptors (Lipinski definition) is 4. The first kappa shape index (κ1) is 14.6. The van der Waals surface area contributed by atoms with Gasteiger partial charge in [0, 0.05) is 6.92 Å². The van der Waals surface area contributed by atoms with Crippen molar-refractivity contribution in [2.45, 2.75) is 25.8 Å². The summed E-state index contributed by atoms with van der Waals surface area (Å²) in [7, 11) is -4.68. The van der Waals surface area contributed by atoms with E-state index in [1.807, 2.05) is 0 Å². The lowest BCUT2D eigenvalue weighted by Gasteiger charge is -2.28. The highest BCUT2D eigenvalue weighted by atomic mass is 32.2. The van der Waals surface area contributed by atoms with E-state index in [4.69, 9.17) is 4.55 Å². The molecule has 0 bridgehead atoms. The fraction of sp³-hybridized carbons (Fsp3) is 1.00. The number of rotatable bonds is 6. The molecule has 92 valence electrons. The molecule has 0 saturated heterocycles. The molecule has 0 amide bonds. The minimum atomic E-state index is -4.68. The van der Waals surface area contributed by atoms with Crippen molar-refractivity contribution in [3.05, 3.63) is 0 Å². The van der Waals surface area contributed by atoms with Gasteiger partial charge in [-0.25, -0.2) is 4.39 Å². The zero-order chi connectivity index (χ0) is 12.3. The molecule has 0 aliphatic rings. The maximum atomic E-state index is 13.1. The van der Waals surface area contributed by atoms with Gasteiger partial charge < -0.3 is 9.47 Å². The van der Waals surface area contributed by atoms with Crippen LogP contribution in [0.2, 0.25) is 0 Å². The Balaban J connectivity index is 4.54. The Morgan fingerprint density at radius 1 is 1.27 bits per heavy atom. The van der Waals surface area contributed by atoms with E-state index in [0.29, 0.717) is 6.92 Å². The highest BCUT2D eigenvalue weighted by molar-refractivity contribution is 7.85. The molecule has 5 nitrogen and oxygen atoms in total. The molecule has 15 heavy (non-hydrogen) atoms. The maximum absolute atomic E-state index is 13.1. The van der Waals surface area contributed by atoms with Crippen molar-refractivity contribution < 1.29 is 35.6 Å². The first-order valence-corrected chi connectivity index (χ1v) is 5.42. The predicted octanol–water partition coefficient (Wildman–Crippen LogP) is 1.16. The molecule has 0 spiro atoms. The Morgan fingerprint density at radius 2 is 1.73 bits per heavy atom. The van der Waals surface area contributed by atoms with Crippen molar-refractivity contribution in [3.8, 4) is 0 Å². The molecule has 0 heterocycles. The largest absolute Gasteiger partial charge is 0.414 e. The van der Waals surface area contributed by atoms with Gasteiger partial charge in [-0.3, -0.25) is 4.55 Å². The van der Waals surface area contributed by atoms with Crippen molar-refractivity contribution >= 4 is 10.1 Å². The lowest BCUT2D eigenvalue weighted by atomic mass is 10.3. The summed E-state index contributed by atoms with van der Waals surface area (Å²) in [4.78, 5) is 0. The molecule has 1 atom stereocenters. The molecule has 1 unspecified atom stereocenters. The second-order valence-electron chi connectivity index (χ2n) is 2.71. The minimum Gasteiger partial charge on any atom is -0.320 e. The standard InChI is InChI=1S/C6H11F3O5S/c1-3-13-6(8,9)5(2,7)14-4-15(10,11)12/h3-4H2,1-2H3,(H,10,11,12). The molecule has 0 radical (unpaired) electrons. The molecule has 9 heteroatoms. The van der Waals surface area contributed by atoms with Crippen LogP contribution >= 0.6 is 0 Å². The Labute approximate surface area is 84.9 Å². The van der Waals surface area contributed by atoms with Gasteiger partial charge in [0.1, 0.15) is 0 Å². The lowest BCUT2D eigenvalue weighted by molar-refractivity contribution is -0.371. The fourth-order valence-corrected chi connectivity index (χ4v) is 0.950. The summed E-state index contributed by atoms with van der Waals surface area (Å²) in [6.45, 7) is 1.02. The third kappa shape index (κ3) is 4.78. The molecule has 1 N–H and O–H groups in total. The zero-order valence-electron chi connectivity index (χ0n) is 8.04. The molecule has 0 aromatic heterocycles. The minimum absolute atomic E-state index is 0.299. The Kier molecular flexibility index (Phi) is 4.52. The first-order chi connectivity index (χ1) is 6.52. The zero-order valence-corrected chi connectivity index (χ0v) is 8.85. The van der Waals surface area contributed by atoms with Crippen molar-refractivity contribution in [3.63, 3.8) is 0 Å². The number of ether oxygens (including phenoxy) is 2. The van der Waals surface area contributed by atoms with E-state index < -0.39 is 34.6 Å². The number of halogens is 3. The smallest absolute Gasteiger partial charge is 0.320 e. The van der Waals surface area contributed by atoms with E-state index in [1.165, 1.54) is 6.92 Å². The Morgan fingerprint density at radius 3 is 2.07 bits per heavy atom. The topological polar surface area (TPSA) is 72.8 Å². The van der Waals surface area contributed by atoms with E-state index in [1.54, 1.807) is 0 Å². The summed E-state index contributed by atoms with van der Waals surface area (Å²) in [5, 5.41) is 0. The van der Waals surface area contributed by atoms with Crippen LogP contribution < -0.4 is 0 Å². The van der Waals surface area contributed by atoms with Gasteiger partial charge >= 0.3 is 6.11 Å². The second kappa shape index (κ2) is 4.64. The third-order valence-corrected chi connectivity index (χ3v) is 1.74. The van der Waals surface area contributed by atoms with Crippen molar-refractivity contribution in [1.29, 1.82) is 0 Å². The van der Waals surface area contributed by atoms with Crippen LogP contribution in [0, 0.1) is 0 Å². The Hall–Kier alpha value is -0.380. The Bertz CT molecular complexity index is 300. The van der Waals surface area contributed by atoms with E-state index in [0.717, 1.165) is 0 Å². The summed E-state index contributed by atoms with van der Waals surface area (Å²) in [6.07, 6.45) is -4.30. The first-order valence-electron chi connectivity index (χ1n) is 3.81. The van der Waals surface area contributed by atoms with E-state index in [-0.39, 0.29) is 0 Å². The van der Waals surface area contributed by atoms with Crippen molar-refractivity contribution in [2.75, 3.05) is 12.5 Å².